The largest absolute Gasteiger partial charge is 0.452 e. The summed E-state index contributed by atoms with van der Waals surface area (Å²) >= 11 is 3.67. The third-order valence-corrected chi connectivity index (χ3v) is 6.19. The highest BCUT2D eigenvalue weighted by molar-refractivity contribution is 7.05. The van der Waals surface area contributed by atoms with Crippen molar-refractivity contribution in [3.63, 3.8) is 0 Å². The van der Waals surface area contributed by atoms with Gasteiger partial charge in [0.25, 0.3) is 5.89 Å². The van der Waals surface area contributed by atoms with Gasteiger partial charge in [-0.25, -0.2) is 19.2 Å². The summed E-state index contributed by atoms with van der Waals surface area (Å²) in [7, 11) is 0. The van der Waals surface area contributed by atoms with Crippen LogP contribution in [0, 0.1) is 53.3 Å². The third-order valence-electron chi connectivity index (χ3n) is 4.51. The van der Waals surface area contributed by atoms with E-state index in [1.54, 1.807) is 62.0 Å². The molecule has 1 N–H and O–H groups in total. The van der Waals surface area contributed by atoms with E-state index in [4.69, 9.17) is 0 Å². The molecular weight excluding hydrogens is 1310 g/mol. The minimum atomic E-state index is 0.282. The standard InChI is InChI=1S/C4H7N3O.C4H7N3S.C4H4N2.9C4H10.C3H4N2.2C3H3NO.2C2H2N2O.C2H2N2S.CHN3O.CHN3S/c2*1-3(2)4-5-6-7-8-4;1-2-4-6-5-3-1;9*1-4(2)3;2*1-2-5-3-4-1;1-2-4-5-3-1;1-2-5-4-3-1;4*1-2-4-5-3-1/h2*3H,1-2H3;1-4H;9*4H,1-3H3;1-3H,(H,4,5);2*1-3H;3*1-2H;2*1H. The lowest BCUT2D eigenvalue weighted by Gasteiger charge is -1.90. The lowest BCUT2D eigenvalue weighted by atomic mass is 10.2. The summed E-state index contributed by atoms with van der Waals surface area (Å²) in [5.74, 6) is 8.84. The fraction of sp³-hybridized carbons (Fsp3) is 0.646. The maximum absolute atomic E-state index is 4.62. The fourth-order valence-corrected chi connectivity index (χ4v) is 3.09. The Morgan fingerprint density at radius 2 is 0.878 bits per heavy atom. The molecule has 560 valence electrons. The van der Waals surface area contributed by atoms with E-state index < -0.39 is 0 Å². The number of aromatic nitrogens is 24. The second-order valence-electron chi connectivity index (χ2n) is 25.1. The normalized spacial score (nSPS) is 8.76. The zero-order chi connectivity index (χ0) is 76.7. The van der Waals surface area contributed by atoms with Crippen LogP contribution in [-0.2, 0) is 0 Å². The summed E-state index contributed by atoms with van der Waals surface area (Å²) in [5.41, 5.74) is 0. The number of rotatable bonds is 2. The summed E-state index contributed by atoms with van der Waals surface area (Å²) in [6.45, 7) is 66.6. The molecule has 11 rings (SSSR count). The highest BCUT2D eigenvalue weighted by Crippen LogP contribution is 2.11. The van der Waals surface area contributed by atoms with Crippen LogP contribution in [0.15, 0.2) is 158 Å². The van der Waals surface area contributed by atoms with Gasteiger partial charge in [0.15, 0.2) is 19.0 Å². The first-order chi connectivity index (χ1) is 46.2. The second-order valence-corrected chi connectivity index (χ2v) is 27.0. The molecule has 11 heterocycles. The van der Waals surface area contributed by atoms with Crippen LogP contribution in [0.3, 0.4) is 0 Å². The molecule has 0 atom stereocenters. The van der Waals surface area contributed by atoms with Crippen LogP contribution in [0.2, 0.25) is 0 Å². The minimum Gasteiger partial charge on any atom is -0.452 e. The molecular formula is C65H126N24O6S3. The molecule has 0 bridgehead atoms. The van der Waals surface area contributed by atoms with E-state index >= 15 is 0 Å². The van der Waals surface area contributed by atoms with Gasteiger partial charge in [-0.1, -0.05) is 249 Å². The molecule has 0 aliphatic rings. The summed E-state index contributed by atoms with van der Waals surface area (Å²) in [4.78, 5) is 9.97. The molecule has 11 aromatic heterocycles. The number of nitrogens with one attached hydrogen (secondary N) is 1. The number of imidazole rings is 1. The van der Waals surface area contributed by atoms with Crippen molar-refractivity contribution in [3.8, 4) is 0 Å². The molecule has 0 saturated carbocycles. The minimum absolute atomic E-state index is 0.282. The molecule has 33 heteroatoms. The third kappa shape index (κ3) is 185. The van der Waals surface area contributed by atoms with Gasteiger partial charge in [-0.3, -0.25) is 0 Å². The van der Waals surface area contributed by atoms with Crippen molar-refractivity contribution in [3.05, 3.63) is 141 Å². The molecule has 0 spiro atoms. The number of H-pyrrole nitrogens is 1. The van der Waals surface area contributed by atoms with E-state index in [1.165, 1.54) is 79.7 Å². The van der Waals surface area contributed by atoms with E-state index in [0.29, 0.717) is 11.8 Å². The lowest BCUT2D eigenvalue weighted by molar-refractivity contribution is 0.292. The van der Waals surface area contributed by atoms with Crippen LogP contribution in [-0.4, -0.2) is 120 Å². The molecule has 0 aliphatic carbocycles. The Kier molecular flexibility index (Phi) is 105. The van der Waals surface area contributed by atoms with Crippen molar-refractivity contribution in [1.82, 2.24) is 120 Å². The Morgan fingerprint density at radius 1 is 0.357 bits per heavy atom. The fourth-order valence-electron chi connectivity index (χ4n) is 2.16. The molecule has 0 fully saturated rings. The molecule has 0 saturated heterocycles. The predicted octanol–water partition coefficient (Wildman–Crippen LogP) is 18.9. The molecule has 0 aromatic carbocycles. The van der Waals surface area contributed by atoms with Crippen LogP contribution in [0.5, 0.6) is 0 Å². The van der Waals surface area contributed by atoms with E-state index in [9.17, 15) is 0 Å². The quantitative estimate of drug-likeness (QED) is 0.168. The maximum Gasteiger partial charge on any atom is 0.250 e. The van der Waals surface area contributed by atoms with Gasteiger partial charge in [0.2, 0.25) is 0 Å². The molecule has 0 aliphatic heterocycles. The van der Waals surface area contributed by atoms with Crippen molar-refractivity contribution in [2.75, 3.05) is 0 Å². The maximum atomic E-state index is 4.62. The topological polar surface area (TPSA) is 391 Å². The highest BCUT2D eigenvalue weighted by atomic mass is 32.1. The lowest BCUT2D eigenvalue weighted by Crippen LogP contribution is -1.85. The number of nitrogens with zero attached hydrogens (tertiary/aromatic N) is 23. The predicted molar refractivity (Wildman–Crippen MR) is 395 cm³/mol. The van der Waals surface area contributed by atoms with Gasteiger partial charge < -0.3 is 23.0 Å². The average molecular weight is 1440 g/mol. The van der Waals surface area contributed by atoms with Crippen LogP contribution in [0.1, 0.15) is 237 Å². The van der Waals surface area contributed by atoms with Crippen molar-refractivity contribution < 1.29 is 27.2 Å². The second kappa shape index (κ2) is 95.1. The number of oxazole rings is 1. The van der Waals surface area contributed by atoms with Gasteiger partial charge in [-0.15, -0.1) is 15.3 Å². The van der Waals surface area contributed by atoms with Gasteiger partial charge in [-0.05, 0) is 87.0 Å². The Balaban J connectivity index is -0.000000122. The highest BCUT2D eigenvalue weighted by Gasteiger charge is 2.03. The van der Waals surface area contributed by atoms with Crippen molar-refractivity contribution in [2.24, 2.45) is 53.3 Å². The number of hydrogen-bond acceptors (Lipinski definition) is 32. The Bertz CT molecular complexity index is 2010. The van der Waals surface area contributed by atoms with Gasteiger partial charge in [0.05, 0.1) is 83.7 Å². The first-order valence-corrected chi connectivity index (χ1v) is 34.3. The number of hydrogen-bond donors (Lipinski definition) is 1. The average Bonchev–Trinajstić information content (AvgIpc) is 2.37. The monoisotopic (exact) mass is 1430 g/mol. The summed E-state index contributed by atoms with van der Waals surface area (Å²) in [6, 6.07) is 5.38. The van der Waals surface area contributed by atoms with Gasteiger partial charge in [0.1, 0.15) is 23.8 Å². The Labute approximate surface area is 600 Å². The Morgan fingerprint density at radius 3 is 1.01 bits per heavy atom. The first kappa shape index (κ1) is 108. The molecule has 0 unspecified atom stereocenters. The SMILES string of the molecule is CC(C)C.CC(C)C.CC(C)C.CC(C)C.CC(C)C.CC(C)C.CC(C)C.CC(C)C.CC(C)C.CC(C)c1nnno1.CC(C)c1nnns1.c1c[nH]cn1.c1ccnnc1.c1cnoc1.c1cnon1.c1cnsn1.c1cocn1.c1conn1.c1nnon1.c1nnsn1. The molecule has 0 amide bonds. The van der Waals surface area contributed by atoms with Gasteiger partial charge >= 0.3 is 0 Å². The molecule has 11 aromatic rings. The molecule has 0 radical (unpaired) electrons. The van der Waals surface area contributed by atoms with Gasteiger partial charge in [-0.2, -0.15) is 23.3 Å². The smallest absolute Gasteiger partial charge is 0.250 e. The summed E-state index contributed by atoms with van der Waals surface area (Å²) in [6.07, 6.45) is 27.7. The van der Waals surface area contributed by atoms with E-state index in [0.717, 1.165) is 70.0 Å². The van der Waals surface area contributed by atoms with Crippen molar-refractivity contribution in [1.29, 1.82) is 0 Å². The van der Waals surface area contributed by atoms with Crippen LogP contribution in [0.25, 0.3) is 0 Å². The van der Waals surface area contributed by atoms with Crippen molar-refractivity contribution >= 4 is 35.0 Å². The molecule has 30 nitrogen and oxygen atoms in total. The summed E-state index contributed by atoms with van der Waals surface area (Å²) in [5, 5.41) is 54.3. The molecule has 98 heavy (non-hydrogen) atoms. The van der Waals surface area contributed by atoms with Crippen LogP contribution in [0.4, 0.5) is 0 Å². The van der Waals surface area contributed by atoms with E-state index in [2.05, 4.69) is 348 Å². The first-order valence-electron chi connectivity index (χ1n) is 32.1. The van der Waals surface area contributed by atoms with Crippen molar-refractivity contribution in [2.45, 2.75) is 226 Å². The van der Waals surface area contributed by atoms with Gasteiger partial charge in [0, 0.05) is 53.4 Å². The van der Waals surface area contributed by atoms with E-state index in [-0.39, 0.29) is 5.92 Å². The zero-order valence-electron chi connectivity index (χ0n) is 64.9. The summed E-state index contributed by atoms with van der Waals surface area (Å²) < 4.78 is 43.6. The van der Waals surface area contributed by atoms with Crippen LogP contribution < -0.4 is 0 Å². The Hall–Kier alpha value is -8.33. The van der Waals surface area contributed by atoms with Crippen LogP contribution >= 0.6 is 35.0 Å². The number of aromatic amines is 1. The zero-order valence-corrected chi connectivity index (χ0v) is 67.4. The van der Waals surface area contributed by atoms with E-state index in [1.807, 2.05) is 26.0 Å².